The van der Waals surface area contributed by atoms with Crippen LogP contribution in [0.2, 0.25) is 0 Å². The Morgan fingerprint density at radius 2 is 1.50 bits per heavy atom. The van der Waals surface area contributed by atoms with Gasteiger partial charge >= 0.3 is 12.0 Å². The van der Waals surface area contributed by atoms with Crippen LogP contribution >= 0.6 is 0 Å². The van der Waals surface area contributed by atoms with Crippen molar-refractivity contribution in [3.05, 3.63) is 107 Å². The standard InChI is InChI=1S/C25H20N2O5/c28-21-15-26-25(31)27(21)16-19-13-7-8-14-20(19)24(30)32-23(18-11-5-2-6-12-18)22(29)17-9-3-1-4-10-17/h1-14,23H,15-16H2,(H,26,31). The van der Waals surface area contributed by atoms with E-state index >= 15 is 0 Å². The van der Waals surface area contributed by atoms with Crippen LogP contribution in [0.1, 0.15) is 37.9 Å². The summed E-state index contributed by atoms with van der Waals surface area (Å²) < 4.78 is 5.71. The number of hydrogen-bond donors (Lipinski definition) is 1. The van der Waals surface area contributed by atoms with E-state index in [-0.39, 0.29) is 30.3 Å². The Morgan fingerprint density at radius 1 is 0.875 bits per heavy atom. The van der Waals surface area contributed by atoms with Gasteiger partial charge in [0.25, 0.3) is 0 Å². The lowest BCUT2D eigenvalue weighted by Crippen LogP contribution is -2.31. The van der Waals surface area contributed by atoms with Gasteiger partial charge in [0.1, 0.15) is 0 Å². The highest BCUT2D eigenvalue weighted by molar-refractivity contribution is 6.03. The van der Waals surface area contributed by atoms with Crippen LogP contribution in [0.3, 0.4) is 0 Å². The summed E-state index contributed by atoms with van der Waals surface area (Å²) in [6, 6.07) is 23.4. The normalized spacial score (nSPS) is 14.1. The number of carbonyl (C=O) groups excluding carboxylic acids is 4. The minimum Gasteiger partial charge on any atom is -0.445 e. The van der Waals surface area contributed by atoms with Crippen molar-refractivity contribution in [2.75, 3.05) is 6.54 Å². The summed E-state index contributed by atoms with van der Waals surface area (Å²) >= 11 is 0. The molecule has 0 aromatic heterocycles. The predicted octanol–water partition coefficient (Wildman–Crippen LogP) is 3.52. The molecular weight excluding hydrogens is 408 g/mol. The van der Waals surface area contributed by atoms with Crippen LogP contribution in [0.5, 0.6) is 0 Å². The molecule has 1 saturated heterocycles. The number of carbonyl (C=O) groups is 4. The highest BCUT2D eigenvalue weighted by Gasteiger charge is 2.31. The molecule has 0 aliphatic carbocycles. The molecule has 3 aromatic carbocycles. The van der Waals surface area contributed by atoms with Gasteiger partial charge in [-0.2, -0.15) is 0 Å². The van der Waals surface area contributed by atoms with E-state index in [2.05, 4.69) is 5.32 Å². The summed E-state index contributed by atoms with van der Waals surface area (Å²) in [4.78, 5) is 51.2. The zero-order chi connectivity index (χ0) is 22.5. The van der Waals surface area contributed by atoms with Gasteiger partial charge in [0.05, 0.1) is 18.7 Å². The van der Waals surface area contributed by atoms with E-state index < -0.39 is 18.1 Å². The van der Waals surface area contributed by atoms with Gasteiger partial charge in [-0.15, -0.1) is 0 Å². The first-order valence-corrected chi connectivity index (χ1v) is 10.1. The first kappa shape index (κ1) is 21.0. The zero-order valence-electron chi connectivity index (χ0n) is 17.1. The highest BCUT2D eigenvalue weighted by Crippen LogP contribution is 2.25. The smallest absolute Gasteiger partial charge is 0.339 e. The lowest BCUT2D eigenvalue weighted by molar-refractivity contribution is -0.125. The van der Waals surface area contributed by atoms with Gasteiger partial charge in [0.15, 0.2) is 6.10 Å². The molecule has 3 amide bonds. The van der Waals surface area contributed by atoms with Gasteiger partial charge in [-0.25, -0.2) is 9.59 Å². The fraction of sp³-hybridized carbons (Fsp3) is 0.120. The second-order valence-electron chi connectivity index (χ2n) is 7.22. The number of amides is 3. The van der Waals surface area contributed by atoms with E-state index in [0.717, 1.165) is 4.90 Å². The maximum atomic E-state index is 13.2. The second-order valence-corrected chi connectivity index (χ2v) is 7.22. The van der Waals surface area contributed by atoms with Gasteiger partial charge in [-0.1, -0.05) is 78.9 Å². The van der Waals surface area contributed by atoms with Crippen molar-refractivity contribution in [2.24, 2.45) is 0 Å². The summed E-state index contributed by atoms with van der Waals surface area (Å²) in [6.45, 7) is -0.147. The van der Waals surface area contributed by atoms with Gasteiger partial charge in [-0.3, -0.25) is 14.5 Å². The van der Waals surface area contributed by atoms with Crippen LogP contribution < -0.4 is 5.32 Å². The first-order valence-electron chi connectivity index (χ1n) is 10.1. The Bertz CT molecular complexity index is 1150. The van der Waals surface area contributed by atoms with E-state index in [1.165, 1.54) is 0 Å². The van der Waals surface area contributed by atoms with E-state index in [1.807, 2.05) is 6.07 Å². The van der Waals surface area contributed by atoms with Crippen molar-refractivity contribution in [1.29, 1.82) is 0 Å². The Labute approximate surface area is 184 Å². The first-order chi connectivity index (χ1) is 15.5. The number of esters is 1. The van der Waals surface area contributed by atoms with Crippen molar-refractivity contribution in [1.82, 2.24) is 10.2 Å². The average molecular weight is 428 g/mol. The summed E-state index contributed by atoms with van der Waals surface area (Å²) in [5.41, 5.74) is 1.59. The number of benzene rings is 3. The molecule has 32 heavy (non-hydrogen) atoms. The minimum atomic E-state index is -1.14. The highest BCUT2D eigenvalue weighted by atomic mass is 16.5. The molecular formula is C25H20N2O5. The lowest BCUT2D eigenvalue weighted by atomic mass is 9.99. The molecule has 0 radical (unpaired) electrons. The molecule has 1 fully saturated rings. The maximum Gasteiger partial charge on any atom is 0.339 e. The number of Topliss-reactive ketones (excluding diaryl/α,β-unsaturated/α-hetero) is 1. The minimum absolute atomic E-state index is 0.0709. The van der Waals surface area contributed by atoms with Crippen molar-refractivity contribution in [3.63, 3.8) is 0 Å². The number of rotatable bonds is 7. The number of nitrogens with zero attached hydrogens (tertiary/aromatic N) is 1. The van der Waals surface area contributed by atoms with E-state index in [4.69, 9.17) is 4.74 Å². The van der Waals surface area contributed by atoms with Gasteiger partial charge in [-0.05, 0) is 11.6 Å². The molecule has 7 heteroatoms. The van der Waals surface area contributed by atoms with E-state index in [9.17, 15) is 19.2 Å². The molecule has 0 saturated carbocycles. The third-order valence-corrected chi connectivity index (χ3v) is 5.13. The molecule has 1 aliphatic rings. The number of hydrogen-bond acceptors (Lipinski definition) is 5. The maximum absolute atomic E-state index is 13.2. The monoisotopic (exact) mass is 428 g/mol. The number of imide groups is 1. The largest absolute Gasteiger partial charge is 0.445 e. The fourth-order valence-electron chi connectivity index (χ4n) is 3.47. The van der Waals surface area contributed by atoms with Crippen molar-refractivity contribution in [3.8, 4) is 0 Å². The number of ketones is 1. The van der Waals surface area contributed by atoms with E-state index in [0.29, 0.717) is 16.7 Å². The molecule has 0 spiro atoms. The third-order valence-electron chi connectivity index (χ3n) is 5.13. The summed E-state index contributed by atoms with van der Waals surface area (Å²) in [5.74, 6) is -1.44. The van der Waals surface area contributed by atoms with Crippen LogP contribution in [0, 0.1) is 0 Å². The fourth-order valence-corrected chi connectivity index (χ4v) is 3.47. The second kappa shape index (κ2) is 9.26. The van der Waals surface area contributed by atoms with Crippen LogP contribution in [0.15, 0.2) is 84.9 Å². The predicted molar refractivity (Wildman–Crippen MR) is 116 cm³/mol. The van der Waals surface area contributed by atoms with Crippen molar-refractivity contribution >= 4 is 23.7 Å². The topological polar surface area (TPSA) is 92.8 Å². The molecule has 1 unspecified atom stereocenters. The summed E-state index contributed by atoms with van der Waals surface area (Å²) in [6.07, 6.45) is -1.14. The zero-order valence-corrected chi connectivity index (χ0v) is 17.1. The quantitative estimate of drug-likeness (QED) is 0.353. The number of ether oxygens (including phenoxy) is 1. The van der Waals surface area contributed by atoms with Gasteiger partial charge in [0, 0.05) is 11.1 Å². The molecule has 1 atom stereocenters. The van der Waals surface area contributed by atoms with Crippen LogP contribution in [0.25, 0.3) is 0 Å². The molecule has 1 aliphatic heterocycles. The molecule has 4 rings (SSSR count). The van der Waals surface area contributed by atoms with Crippen LogP contribution in [-0.4, -0.2) is 35.1 Å². The lowest BCUT2D eigenvalue weighted by Gasteiger charge is -2.19. The molecule has 1 N–H and O–H groups in total. The molecule has 1 heterocycles. The Kier molecular flexibility index (Phi) is 6.07. The molecule has 7 nitrogen and oxygen atoms in total. The van der Waals surface area contributed by atoms with Crippen LogP contribution in [-0.2, 0) is 16.1 Å². The van der Waals surface area contributed by atoms with Gasteiger partial charge < -0.3 is 10.1 Å². The third kappa shape index (κ3) is 4.41. The molecule has 3 aromatic rings. The Hall–Kier alpha value is -4.26. The number of urea groups is 1. The number of nitrogens with one attached hydrogen (secondary N) is 1. The molecule has 0 bridgehead atoms. The Morgan fingerprint density at radius 3 is 2.16 bits per heavy atom. The molecule has 160 valence electrons. The van der Waals surface area contributed by atoms with Crippen LogP contribution in [0.4, 0.5) is 4.79 Å². The van der Waals surface area contributed by atoms with Crippen molar-refractivity contribution in [2.45, 2.75) is 12.6 Å². The SMILES string of the molecule is O=C(OC(C(=O)c1ccccc1)c1ccccc1)c1ccccc1CN1C(=O)CNC1=O. The van der Waals surface area contributed by atoms with Crippen molar-refractivity contribution < 1.29 is 23.9 Å². The van der Waals surface area contributed by atoms with Gasteiger partial charge in [0.2, 0.25) is 11.7 Å². The summed E-state index contributed by atoms with van der Waals surface area (Å²) in [5, 5.41) is 2.45. The summed E-state index contributed by atoms with van der Waals surface area (Å²) in [7, 11) is 0. The Balaban J connectivity index is 1.62. The average Bonchev–Trinajstić information content (AvgIpc) is 3.15. The van der Waals surface area contributed by atoms with E-state index in [1.54, 1.807) is 78.9 Å².